The van der Waals surface area contributed by atoms with Crippen LogP contribution in [0.25, 0.3) is 10.9 Å². The SMILES string of the molecule is C[C@H](C(=O)Nc1c2c(nn1C)CSC2)n1nnc2ccccc2c1=O. The fraction of sp³-hybridized carbons (Fsp3) is 0.312. The van der Waals surface area contributed by atoms with E-state index in [-0.39, 0.29) is 11.5 Å². The summed E-state index contributed by atoms with van der Waals surface area (Å²) in [5.41, 5.74) is 2.22. The third-order valence-corrected chi connectivity index (χ3v) is 5.26. The quantitative estimate of drug-likeness (QED) is 0.764. The molecule has 1 amide bonds. The van der Waals surface area contributed by atoms with E-state index in [4.69, 9.17) is 0 Å². The normalized spacial score (nSPS) is 14.5. The lowest BCUT2D eigenvalue weighted by Gasteiger charge is -2.14. The standard InChI is InChI=1S/C16H16N6O2S/c1-9(22-16(24)10-5-3-4-6-12(10)18-20-22)15(23)17-14-11-7-25-8-13(11)19-21(14)2/h3-6,9H,7-8H2,1-2H3,(H,17,23)/t9-/m1/s1. The highest BCUT2D eigenvalue weighted by atomic mass is 32.2. The number of nitrogens with zero attached hydrogens (tertiary/aromatic N) is 5. The maximum Gasteiger partial charge on any atom is 0.278 e. The van der Waals surface area contributed by atoms with Crippen molar-refractivity contribution in [1.82, 2.24) is 24.8 Å². The number of hydrogen-bond donors (Lipinski definition) is 1. The third kappa shape index (κ3) is 2.60. The summed E-state index contributed by atoms with van der Waals surface area (Å²) < 4.78 is 2.78. The number of aromatic nitrogens is 5. The molecule has 2 aromatic heterocycles. The predicted octanol–water partition coefficient (Wildman–Crippen LogP) is 1.47. The molecule has 9 heteroatoms. The summed E-state index contributed by atoms with van der Waals surface area (Å²) >= 11 is 1.76. The molecule has 1 aromatic carbocycles. The summed E-state index contributed by atoms with van der Waals surface area (Å²) in [6.07, 6.45) is 0. The highest BCUT2D eigenvalue weighted by molar-refractivity contribution is 7.98. The van der Waals surface area contributed by atoms with Gasteiger partial charge in [-0.05, 0) is 19.1 Å². The monoisotopic (exact) mass is 356 g/mol. The predicted molar refractivity (Wildman–Crippen MR) is 95.3 cm³/mol. The van der Waals surface area contributed by atoms with Crippen LogP contribution in [0.3, 0.4) is 0 Å². The van der Waals surface area contributed by atoms with Crippen LogP contribution < -0.4 is 10.9 Å². The highest BCUT2D eigenvalue weighted by Gasteiger charge is 2.25. The van der Waals surface area contributed by atoms with E-state index in [2.05, 4.69) is 20.7 Å². The number of hydrogen-bond acceptors (Lipinski definition) is 6. The van der Waals surface area contributed by atoms with Gasteiger partial charge in [0.1, 0.15) is 17.4 Å². The maximum absolute atomic E-state index is 12.7. The van der Waals surface area contributed by atoms with E-state index in [0.717, 1.165) is 27.4 Å². The van der Waals surface area contributed by atoms with Gasteiger partial charge in [-0.2, -0.15) is 21.5 Å². The first-order valence-electron chi connectivity index (χ1n) is 7.84. The van der Waals surface area contributed by atoms with Gasteiger partial charge in [-0.15, -0.1) is 5.10 Å². The summed E-state index contributed by atoms with van der Waals surface area (Å²) in [6.45, 7) is 1.63. The van der Waals surface area contributed by atoms with Gasteiger partial charge in [-0.25, -0.2) is 0 Å². The van der Waals surface area contributed by atoms with E-state index in [0.29, 0.717) is 16.7 Å². The molecule has 0 saturated carbocycles. The molecule has 1 N–H and O–H groups in total. The summed E-state index contributed by atoms with van der Waals surface area (Å²) in [4.78, 5) is 25.3. The molecular weight excluding hydrogens is 340 g/mol. The van der Waals surface area contributed by atoms with Crippen molar-refractivity contribution in [2.24, 2.45) is 7.05 Å². The molecule has 1 atom stereocenters. The van der Waals surface area contributed by atoms with Gasteiger partial charge in [0.05, 0.1) is 11.1 Å². The number of rotatable bonds is 3. The summed E-state index contributed by atoms with van der Waals surface area (Å²) in [5.74, 6) is 2.03. The van der Waals surface area contributed by atoms with Crippen molar-refractivity contribution in [3.8, 4) is 0 Å². The number of carbonyl (C=O) groups excluding carboxylic acids is 1. The maximum atomic E-state index is 12.7. The first-order chi connectivity index (χ1) is 12.1. The number of thioether (sulfide) groups is 1. The Morgan fingerprint density at radius 2 is 2.12 bits per heavy atom. The Kier molecular flexibility index (Phi) is 3.79. The molecule has 0 unspecified atom stereocenters. The molecule has 1 aliphatic heterocycles. The Balaban J connectivity index is 1.65. The molecule has 0 radical (unpaired) electrons. The molecule has 0 aliphatic carbocycles. The van der Waals surface area contributed by atoms with Gasteiger partial charge in [0.2, 0.25) is 5.91 Å². The number of benzene rings is 1. The van der Waals surface area contributed by atoms with Crippen molar-refractivity contribution in [3.63, 3.8) is 0 Å². The number of amides is 1. The molecule has 0 bridgehead atoms. The number of fused-ring (bicyclic) bond motifs is 2. The Bertz CT molecular complexity index is 1040. The molecule has 0 fully saturated rings. The minimum atomic E-state index is -0.788. The van der Waals surface area contributed by atoms with E-state index < -0.39 is 6.04 Å². The zero-order chi connectivity index (χ0) is 17.6. The Morgan fingerprint density at radius 1 is 1.32 bits per heavy atom. The lowest BCUT2D eigenvalue weighted by molar-refractivity contribution is -0.119. The number of aryl methyl sites for hydroxylation is 1. The van der Waals surface area contributed by atoms with E-state index in [1.165, 1.54) is 0 Å². The van der Waals surface area contributed by atoms with Crippen LogP contribution in [-0.4, -0.2) is 30.7 Å². The van der Waals surface area contributed by atoms with Crippen molar-refractivity contribution in [2.75, 3.05) is 5.32 Å². The molecule has 128 valence electrons. The fourth-order valence-corrected chi connectivity index (χ4v) is 3.92. The van der Waals surface area contributed by atoms with Crippen LogP contribution in [0.5, 0.6) is 0 Å². The van der Waals surface area contributed by atoms with Crippen LogP contribution in [0.15, 0.2) is 29.1 Å². The minimum Gasteiger partial charge on any atom is -0.309 e. The first kappa shape index (κ1) is 15.8. The van der Waals surface area contributed by atoms with Gasteiger partial charge < -0.3 is 5.32 Å². The summed E-state index contributed by atoms with van der Waals surface area (Å²) in [7, 11) is 1.80. The Morgan fingerprint density at radius 3 is 2.96 bits per heavy atom. The van der Waals surface area contributed by atoms with Crippen molar-refractivity contribution in [1.29, 1.82) is 0 Å². The highest BCUT2D eigenvalue weighted by Crippen LogP contribution is 2.34. The van der Waals surface area contributed by atoms with Crippen molar-refractivity contribution in [3.05, 3.63) is 45.9 Å². The van der Waals surface area contributed by atoms with Crippen molar-refractivity contribution >= 4 is 34.4 Å². The molecule has 3 aromatic rings. The van der Waals surface area contributed by atoms with Crippen LogP contribution in [0.4, 0.5) is 5.82 Å². The Hall–Kier alpha value is -2.68. The van der Waals surface area contributed by atoms with Crippen LogP contribution in [0, 0.1) is 0 Å². The molecule has 25 heavy (non-hydrogen) atoms. The second kappa shape index (κ2) is 5.99. The van der Waals surface area contributed by atoms with Gasteiger partial charge in [-0.3, -0.25) is 14.3 Å². The molecule has 1 aliphatic rings. The lowest BCUT2D eigenvalue weighted by atomic mass is 10.2. The van der Waals surface area contributed by atoms with Crippen LogP contribution in [-0.2, 0) is 23.3 Å². The topological polar surface area (TPSA) is 94.7 Å². The zero-order valence-corrected chi connectivity index (χ0v) is 14.6. The number of carbonyl (C=O) groups is 1. The van der Waals surface area contributed by atoms with Gasteiger partial charge in [0.25, 0.3) is 5.56 Å². The minimum absolute atomic E-state index is 0.325. The average Bonchev–Trinajstić information content (AvgIpc) is 3.17. The second-order valence-electron chi connectivity index (χ2n) is 5.91. The van der Waals surface area contributed by atoms with Crippen LogP contribution >= 0.6 is 11.8 Å². The van der Waals surface area contributed by atoms with Crippen LogP contribution in [0.1, 0.15) is 24.2 Å². The fourth-order valence-electron chi connectivity index (χ4n) is 2.88. The zero-order valence-electron chi connectivity index (χ0n) is 13.8. The molecule has 0 saturated heterocycles. The van der Waals surface area contributed by atoms with E-state index in [1.54, 1.807) is 54.7 Å². The smallest absolute Gasteiger partial charge is 0.278 e. The lowest BCUT2D eigenvalue weighted by Crippen LogP contribution is -2.34. The largest absolute Gasteiger partial charge is 0.309 e. The summed E-state index contributed by atoms with van der Waals surface area (Å²) in [5, 5.41) is 15.7. The summed E-state index contributed by atoms with van der Waals surface area (Å²) in [6, 6.07) is 6.16. The second-order valence-corrected chi connectivity index (χ2v) is 6.90. The number of anilines is 1. The first-order valence-corrected chi connectivity index (χ1v) is 8.99. The van der Waals surface area contributed by atoms with Gasteiger partial charge >= 0.3 is 0 Å². The number of nitrogens with one attached hydrogen (secondary N) is 1. The van der Waals surface area contributed by atoms with E-state index >= 15 is 0 Å². The molecular formula is C16H16N6O2S. The van der Waals surface area contributed by atoms with Crippen LogP contribution in [0.2, 0.25) is 0 Å². The van der Waals surface area contributed by atoms with Gasteiger partial charge in [0.15, 0.2) is 0 Å². The third-order valence-electron chi connectivity index (χ3n) is 4.29. The molecule has 0 spiro atoms. The van der Waals surface area contributed by atoms with Crippen molar-refractivity contribution < 1.29 is 4.79 Å². The molecule has 8 nitrogen and oxygen atoms in total. The molecule has 4 rings (SSSR count). The van der Waals surface area contributed by atoms with Gasteiger partial charge in [0, 0.05) is 24.1 Å². The molecule has 3 heterocycles. The van der Waals surface area contributed by atoms with E-state index in [1.807, 2.05) is 0 Å². The average molecular weight is 356 g/mol. The van der Waals surface area contributed by atoms with E-state index in [9.17, 15) is 9.59 Å². The Labute approximate surface area is 147 Å². The van der Waals surface area contributed by atoms with Gasteiger partial charge in [-0.1, -0.05) is 17.3 Å². The van der Waals surface area contributed by atoms with Crippen molar-refractivity contribution in [2.45, 2.75) is 24.5 Å².